The molecule has 0 aliphatic rings. The number of amides is 2. The van der Waals surface area contributed by atoms with E-state index in [0.29, 0.717) is 12.3 Å². The lowest BCUT2D eigenvalue weighted by Gasteiger charge is -2.29. The van der Waals surface area contributed by atoms with Crippen LogP contribution in [0.5, 0.6) is 5.75 Å². The van der Waals surface area contributed by atoms with E-state index in [4.69, 9.17) is 4.74 Å². The minimum atomic E-state index is -0.539. The molecule has 0 aliphatic heterocycles. The van der Waals surface area contributed by atoms with Gasteiger partial charge < -0.3 is 15.0 Å². The van der Waals surface area contributed by atoms with Gasteiger partial charge in [-0.1, -0.05) is 42.0 Å². The number of carbonyl (C=O) groups is 2. The zero-order valence-electron chi connectivity index (χ0n) is 18.5. The molecule has 0 saturated carbocycles. The Bertz CT molecular complexity index is 819. The second-order valence-corrected chi connectivity index (χ2v) is 8.67. The third kappa shape index (κ3) is 7.41. The van der Waals surface area contributed by atoms with Gasteiger partial charge in [-0.15, -0.1) is 11.8 Å². The Morgan fingerprint density at radius 3 is 2.17 bits per heavy atom. The van der Waals surface area contributed by atoms with E-state index in [9.17, 15) is 9.59 Å². The molecule has 2 amide bonds. The number of ether oxygens (including phenoxy) is 1. The largest absolute Gasteiger partial charge is 0.497 e. The summed E-state index contributed by atoms with van der Waals surface area (Å²) in [6.45, 7) is 8.07. The van der Waals surface area contributed by atoms with Crippen LogP contribution in [0.25, 0.3) is 0 Å². The molecule has 0 aliphatic carbocycles. The molecule has 0 bridgehead atoms. The first-order valence-corrected chi connectivity index (χ1v) is 11.3. The van der Waals surface area contributed by atoms with Crippen molar-refractivity contribution < 1.29 is 14.3 Å². The fraction of sp³-hybridized carbons (Fsp3) is 0.417. The monoisotopic (exact) mass is 428 g/mol. The highest BCUT2D eigenvalue weighted by Gasteiger charge is 2.26. The zero-order valence-corrected chi connectivity index (χ0v) is 19.3. The molecule has 5 nitrogen and oxygen atoms in total. The molecule has 1 atom stereocenters. The molecule has 30 heavy (non-hydrogen) atoms. The lowest BCUT2D eigenvalue weighted by atomic mass is 10.1. The summed E-state index contributed by atoms with van der Waals surface area (Å²) in [6.07, 6.45) is 0. The highest BCUT2D eigenvalue weighted by molar-refractivity contribution is 7.99. The van der Waals surface area contributed by atoms with Gasteiger partial charge in [0.25, 0.3) is 0 Å². The molecule has 0 fully saturated rings. The van der Waals surface area contributed by atoms with Crippen molar-refractivity contribution in [1.82, 2.24) is 10.2 Å². The number of thioether (sulfide) groups is 1. The van der Waals surface area contributed by atoms with Gasteiger partial charge in [-0.25, -0.2) is 0 Å². The van der Waals surface area contributed by atoms with Crippen LogP contribution in [0.2, 0.25) is 0 Å². The molecule has 1 N–H and O–H groups in total. The predicted octanol–water partition coefficient (Wildman–Crippen LogP) is 4.18. The van der Waals surface area contributed by atoms with Crippen molar-refractivity contribution in [2.75, 3.05) is 12.9 Å². The third-order valence-corrected chi connectivity index (χ3v) is 5.71. The molecule has 162 valence electrons. The van der Waals surface area contributed by atoms with E-state index in [0.717, 1.165) is 28.2 Å². The summed E-state index contributed by atoms with van der Waals surface area (Å²) in [5.74, 6) is 1.68. The Kier molecular flexibility index (Phi) is 9.24. The van der Waals surface area contributed by atoms with Crippen LogP contribution in [0.4, 0.5) is 0 Å². The normalized spacial score (nSPS) is 11.8. The molecule has 0 heterocycles. The first kappa shape index (κ1) is 23.8. The molecule has 2 rings (SSSR count). The van der Waals surface area contributed by atoms with Gasteiger partial charge in [-0.05, 0) is 51.0 Å². The minimum Gasteiger partial charge on any atom is -0.497 e. The predicted molar refractivity (Wildman–Crippen MR) is 124 cm³/mol. The van der Waals surface area contributed by atoms with Crippen molar-refractivity contribution in [3.05, 3.63) is 65.2 Å². The number of carbonyl (C=O) groups excluding carboxylic acids is 2. The molecule has 6 heteroatoms. The zero-order chi connectivity index (χ0) is 22.1. The van der Waals surface area contributed by atoms with Crippen molar-refractivity contribution in [2.45, 2.75) is 52.1 Å². The molecule has 0 spiro atoms. The van der Waals surface area contributed by atoms with Crippen LogP contribution < -0.4 is 10.1 Å². The Balaban J connectivity index is 2.04. The van der Waals surface area contributed by atoms with Crippen molar-refractivity contribution in [3.8, 4) is 5.75 Å². The highest BCUT2D eigenvalue weighted by atomic mass is 32.2. The van der Waals surface area contributed by atoms with Gasteiger partial charge >= 0.3 is 0 Å². The first-order valence-electron chi connectivity index (χ1n) is 10.2. The van der Waals surface area contributed by atoms with Crippen molar-refractivity contribution in [1.29, 1.82) is 0 Å². The molecule has 0 unspecified atom stereocenters. The maximum Gasteiger partial charge on any atom is 0.242 e. The Morgan fingerprint density at radius 1 is 1.00 bits per heavy atom. The van der Waals surface area contributed by atoms with E-state index in [1.165, 1.54) is 0 Å². The van der Waals surface area contributed by atoms with Gasteiger partial charge in [0.15, 0.2) is 0 Å². The summed E-state index contributed by atoms with van der Waals surface area (Å²) in [7, 11) is 1.64. The fourth-order valence-corrected chi connectivity index (χ4v) is 3.81. The summed E-state index contributed by atoms with van der Waals surface area (Å²) in [5.41, 5.74) is 3.31. The molecule has 2 aromatic carbocycles. The van der Waals surface area contributed by atoms with E-state index in [1.54, 1.807) is 30.7 Å². The fourth-order valence-electron chi connectivity index (χ4n) is 2.94. The Morgan fingerprint density at radius 2 is 1.60 bits per heavy atom. The molecule has 0 radical (unpaired) electrons. The Labute approximate surface area is 184 Å². The summed E-state index contributed by atoms with van der Waals surface area (Å²) >= 11 is 1.55. The quantitative estimate of drug-likeness (QED) is 0.617. The summed E-state index contributed by atoms with van der Waals surface area (Å²) in [4.78, 5) is 27.3. The lowest BCUT2D eigenvalue weighted by Crippen LogP contribution is -2.49. The average molecular weight is 429 g/mol. The van der Waals surface area contributed by atoms with Crippen molar-refractivity contribution in [3.63, 3.8) is 0 Å². The second kappa shape index (κ2) is 11.6. The summed E-state index contributed by atoms with van der Waals surface area (Å²) in [5, 5.41) is 2.91. The summed E-state index contributed by atoms with van der Waals surface area (Å²) < 4.78 is 5.18. The van der Waals surface area contributed by atoms with Gasteiger partial charge in [0.05, 0.1) is 12.9 Å². The third-order valence-electron chi connectivity index (χ3n) is 4.73. The number of nitrogens with zero attached hydrogens (tertiary/aromatic N) is 1. The number of hydrogen-bond donors (Lipinski definition) is 1. The standard InChI is InChI=1S/C24H32N2O3S/c1-17(2)25-24(28)19(4)26(14-20-8-6-18(3)7-9-20)23(27)16-30-15-21-10-12-22(29-5)13-11-21/h6-13,17,19H,14-16H2,1-5H3,(H,25,28)/t19-/m1/s1. The van der Waals surface area contributed by atoms with E-state index in [1.807, 2.05) is 69.3 Å². The number of benzene rings is 2. The lowest BCUT2D eigenvalue weighted by molar-refractivity contribution is -0.138. The van der Waals surface area contributed by atoms with E-state index >= 15 is 0 Å². The first-order chi connectivity index (χ1) is 14.3. The average Bonchev–Trinajstić information content (AvgIpc) is 2.72. The SMILES string of the molecule is COc1ccc(CSCC(=O)N(Cc2ccc(C)cc2)[C@H](C)C(=O)NC(C)C)cc1. The molecule has 2 aromatic rings. The number of nitrogens with one attached hydrogen (secondary N) is 1. The van der Waals surface area contributed by atoms with Crippen LogP contribution in [0.3, 0.4) is 0 Å². The minimum absolute atomic E-state index is 0.0284. The van der Waals surface area contributed by atoms with Crippen LogP contribution >= 0.6 is 11.8 Å². The smallest absolute Gasteiger partial charge is 0.242 e. The molecular formula is C24H32N2O3S. The van der Waals surface area contributed by atoms with E-state index < -0.39 is 6.04 Å². The number of hydrogen-bond acceptors (Lipinski definition) is 4. The summed E-state index contributed by atoms with van der Waals surface area (Å²) in [6, 6.07) is 15.4. The number of methoxy groups -OCH3 is 1. The van der Waals surface area contributed by atoms with E-state index in [2.05, 4.69) is 5.32 Å². The van der Waals surface area contributed by atoms with Gasteiger partial charge in [0, 0.05) is 18.3 Å². The Hall–Kier alpha value is -2.47. The van der Waals surface area contributed by atoms with Gasteiger partial charge in [0.1, 0.15) is 11.8 Å². The molecule has 0 aromatic heterocycles. The second-order valence-electron chi connectivity index (χ2n) is 7.69. The van der Waals surface area contributed by atoms with Crippen molar-refractivity contribution >= 4 is 23.6 Å². The highest BCUT2D eigenvalue weighted by Crippen LogP contribution is 2.18. The van der Waals surface area contributed by atoms with Crippen LogP contribution in [0.15, 0.2) is 48.5 Å². The molecule has 0 saturated heterocycles. The maximum atomic E-state index is 13.0. The van der Waals surface area contributed by atoms with Crippen molar-refractivity contribution in [2.24, 2.45) is 0 Å². The molecular weight excluding hydrogens is 396 g/mol. The number of aryl methyl sites for hydroxylation is 1. The van der Waals surface area contributed by atoms with Crippen LogP contribution in [-0.2, 0) is 21.9 Å². The van der Waals surface area contributed by atoms with Gasteiger partial charge in [-0.2, -0.15) is 0 Å². The van der Waals surface area contributed by atoms with Crippen LogP contribution in [0, 0.1) is 6.92 Å². The van der Waals surface area contributed by atoms with Gasteiger partial charge in [0.2, 0.25) is 11.8 Å². The van der Waals surface area contributed by atoms with Crippen LogP contribution in [0.1, 0.15) is 37.5 Å². The maximum absolute atomic E-state index is 13.0. The number of rotatable bonds is 10. The van der Waals surface area contributed by atoms with Crippen LogP contribution in [-0.4, -0.2) is 41.7 Å². The topological polar surface area (TPSA) is 58.6 Å². The van der Waals surface area contributed by atoms with E-state index in [-0.39, 0.29) is 17.9 Å². The van der Waals surface area contributed by atoms with Gasteiger partial charge in [-0.3, -0.25) is 9.59 Å².